The van der Waals surface area contributed by atoms with Crippen LogP contribution >= 0.6 is 0 Å². The fraction of sp³-hybridized carbons (Fsp3) is 0.750. The lowest BCUT2D eigenvalue weighted by Crippen LogP contribution is -2.46. The summed E-state index contributed by atoms with van der Waals surface area (Å²) >= 11 is 0. The van der Waals surface area contributed by atoms with Gasteiger partial charge >= 0.3 is 0 Å². The molecule has 1 rings (SSSR count). The van der Waals surface area contributed by atoms with E-state index in [-0.39, 0.29) is 0 Å². The highest BCUT2D eigenvalue weighted by Crippen LogP contribution is 1.99. The smallest absolute Gasteiger partial charge is 0.207 e. The Labute approximate surface area is 73.1 Å². The number of likely N-dealkylation sites (N-methyl/N-ethyl adjacent to an activating group) is 1. The molecule has 0 atom stereocenters. The van der Waals surface area contributed by atoms with Crippen LogP contribution in [0.5, 0.6) is 0 Å². The molecule has 0 radical (unpaired) electrons. The minimum atomic E-state index is 0.839. The Morgan fingerprint density at radius 2 is 1.92 bits per heavy atom. The standard InChI is InChI=1S/C8H14N4/c1-8(10-7-9)12-5-3-11(2)4-6-12/h3-6H2,1-2H3/b10-8-. The second-order valence-electron chi connectivity index (χ2n) is 3.05. The molecule has 0 aliphatic carbocycles. The second kappa shape index (κ2) is 4.07. The molecule has 0 spiro atoms. The van der Waals surface area contributed by atoms with Crippen molar-refractivity contribution in [2.24, 2.45) is 4.99 Å². The summed E-state index contributed by atoms with van der Waals surface area (Å²) in [6.07, 6.45) is 1.81. The number of nitrogens with zero attached hydrogens (tertiary/aromatic N) is 4. The molecule has 4 heteroatoms. The Bertz CT molecular complexity index is 208. The predicted octanol–water partition coefficient (Wildman–Crippen LogP) is 0.133. The van der Waals surface area contributed by atoms with Gasteiger partial charge in [-0.1, -0.05) is 0 Å². The lowest BCUT2D eigenvalue weighted by atomic mass is 10.3. The van der Waals surface area contributed by atoms with E-state index in [1.165, 1.54) is 0 Å². The Hall–Kier alpha value is -1.08. The Kier molecular flexibility index (Phi) is 3.06. The number of hydrogen-bond donors (Lipinski definition) is 0. The molecule has 0 N–H and O–H groups in total. The predicted molar refractivity (Wildman–Crippen MR) is 47.8 cm³/mol. The lowest BCUT2D eigenvalue weighted by Gasteiger charge is -2.33. The van der Waals surface area contributed by atoms with Crippen LogP contribution in [0.2, 0.25) is 0 Å². The van der Waals surface area contributed by atoms with E-state index in [0.717, 1.165) is 32.0 Å². The van der Waals surface area contributed by atoms with Gasteiger partial charge < -0.3 is 9.80 Å². The normalized spacial score (nSPS) is 20.8. The Morgan fingerprint density at radius 1 is 1.33 bits per heavy atom. The maximum Gasteiger partial charge on any atom is 0.207 e. The van der Waals surface area contributed by atoms with Crippen LogP contribution in [0.1, 0.15) is 6.92 Å². The van der Waals surface area contributed by atoms with Crippen molar-refractivity contribution in [2.45, 2.75) is 6.92 Å². The third-order valence-corrected chi connectivity index (χ3v) is 2.17. The zero-order valence-electron chi connectivity index (χ0n) is 7.62. The molecule has 0 bridgehead atoms. The number of piperazine rings is 1. The van der Waals surface area contributed by atoms with E-state index in [9.17, 15) is 0 Å². The maximum absolute atomic E-state index is 8.34. The van der Waals surface area contributed by atoms with Gasteiger partial charge in [0.2, 0.25) is 6.19 Å². The molecule has 1 heterocycles. The van der Waals surface area contributed by atoms with E-state index >= 15 is 0 Å². The van der Waals surface area contributed by atoms with Gasteiger partial charge in [0.1, 0.15) is 5.84 Å². The maximum atomic E-state index is 8.34. The van der Waals surface area contributed by atoms with Crippen LogP contribution in [-0.4, -0.2) is 48.9 Å². The van der Waals surface area contributed by atoms with Crippen LogP contribution in [0.25, 0.3) is 0 Å². The van der Waals surface area contributed by atoms with Crippen LogP contribution in [0.4, 0.5) is 0 Å². The summed E-state index contributed by atoms with van der Waals surface area (Å²) in [6.45, 7) is 5.95. The lowest BCUT2D eigenvalue weighted by molar-refractivity contribution is 0.215. The summed E-state index contributed by atoms with van der Waals surface area (Å²) in [6, 6.07) is 0. The van der Waals surface area contributed by atoms with E-state index in [1.54, 1.807) is 0 Å². The quantitative estimate of drug-likeness (QED) is 0.292. The molecule has 12 heavy (non-hydrogen) atoms. The molecular weight excluding hydrogens is 152 g/mol. The first-order valence-electron chi connectivity index (χ1n) is 4.11. The molecular formula is C8H14N4. The molecule has 0 aromatic carbocycles. The van der Waals surface area contributed by atoms with Gasteiger partial charge in [0, 0.05) is 26.2 Å². The van der Waals surface area contributed by atoms with E-state index in [1.807, 2.05) is 13.1 Å². The molecule has 0 saturated carbocycles. The summed E-state index contributed by atoms with van der Waals surface area (Å²) in [4.78, 5) is 8.12. The largest absolute Gasteiger partial charge is 0.357 e. The van der Waals surface area contributed by atoms with Crippen LogP contribution in [0, 0.1) is 11.5 Å². The van der Waals surface area contributed by atoms with Gasteiger partial charge in [-0.25, -0.2) is 0 Å². The third-order valence-electron chi connectivity index (χ3n) is 2.17. The third kappa shape index (κ3) is 2.21. The summed E-state index contributed by atoms with van der Waals surface area (Å²) in [7, 11) is 2.11. The first-order valence-corrected chi connectivity index (χ1v) is 4.11. The van der Waals surface area contributed by atoms with Crippen LogP contribution < -0.4 is 0 Å². The molecule has 1 fully saturated rings. The second-order valence-corrected chi connectivity index (χ2v) is 3.05. The topological polar surface area (TPSA) is 42.6 Å². The average Bonchev–Trinajstić information content (AvgIpc) is 2.06. The van der Waals surface area contributed by atoms with Crippen LogP contribution in [0.15, 0.2) is 4.99 Å². The average molecular weight is 166 g/mol. The van der Waals surface area contributed by atoms with E-state index < -0.39 is 0 Å². The summed E-state index contributed by atoms with van der Waals surface area (Å²) in [5.74, 6) is 0.839. The summed E-state index contributed by atoms with van der Waals surface area (Å²) in [5, 5.41) is 8.34. The highest BCUT2D eigenvalue weighted by atomic mass is 15.3. The highest BCUT2D eigenvalue weighted by molar-refractivity contribution is 5.80. The van der Waals surface area contributed by atoms with Crippen LogP contribution in [0.3, 0.4) is 0 Å². The van der Waals surface area contributed by atoms with Crippen molar-refractivity contribution in [2.75, 3.05) is 33.2 Å². The zero-order chi connectivity index (χ0) is 8.97. The van der Waals surface area contributed by atoms with Crippen molar-refractivity contribution in [3.8, 4) is 6.19 Å². The van der Waals surface area contributed by atoms with Gasteiger partial charge in [-0.3, -0.25) is 0 Å². The zero-order valence-corrected chi connectivity index (χ0v) is 7.62. The van der Waals surface area contributed by atoms with Gasteiger partial charge in [0.25, 0.3) is 0 Å². The Balaban J connectivity index is 2.45. The van der Waals surface area contributed by atoms with Gasteiger partial charge in [-0.15, -0.1) is 0 Å². The van der Waals surface area contributed by atoms with Crippen molar-refractivity contribution < 1.29 is 0 Å². The van der Waals surface area contributed by atoms with Crippen molar-refractivity contribution >= 4 is 5.84 Å². The summed E-state index contributed by atoms with van der Waals surface area (Å²) in [5.41, 5.74) is 0. The number of amidine groups is 1. The number of nitriles is 1. The molecule has 0 amide bonds. The van der Waals surface area contributed by atoms with E-state index in [2.05, 4.69) is 21.8 Å². The number of rotatable bonds is 0. The van der Waals surface area contributed by atoms with E-state index in [4.69, 9.17) is 5.26 Å². The molecule has 1 saturated heterocycles. The molecule has 1 aliphatic heterocycles. The molecule has 66 valence electrons. The first kappa shape index (κ1) is 9.01. The van der Waals surface area contributed by atoms with Gasteiger partial charge in [-0.05, 0) is 14.0 Å². The van der Waals surface area contributed by atoms with Gasteiger partial charge in [-0.2, -0.15) is 10.3 Å². The molecule has 0 unspecified atom stereocenters. The summed E-state index contributed by atoms with van der Waals surface area (Å²) < 4.78 is 0. The Morgan fingerprint density at radius 3 is 2.42 bits per heavy atom. The minimum Gasteiger partial charge on any atom is -0.357 e. The number of aliphatic imine (C=N–C) groups is 1. The monoisotopic (exact) mass is 166 g/mol. The van der Waals surface area contributed by atoms with Crippen molar-refractivity contribution in [1.82, 2.24) is 9.80 Å². The van der Waals surface area contributed by atoms with E-state index in [0.29, 0.717) is 0 Å². The highest BCUT2D eigenvalue weighted by Gasteiger charge is 2.13. The molecule has 0 aromatic rings. The minimum absolute atomic E-state index is 0.839. The number of hydrogen-bond acceptors (Lipinski definition) is 3. The first-order chi connectivity index (χ1) is 5.74. The van der Waals surface area contributed by atoms with Crippen molar-refractivity contribution in [3.63, 3.8) is 0 Å². The SMILES string of the molecule is C/C(=N/C#N)N1CCN(C)CC1. The molecule has 0 aromatic heterocycles. The van der Waals surface area contributed by atoms with Crippen LogP contribution in [-0.2, 0) is 0 Å². The molecule has 4 nitrogen and oxygen atoms in total. The van der Waals surface area contributed by atoms with Crippen molar-refractivity contribution in [3.05, 3.63) is 0 Å². The van der Waals surface area contributed by atoms with Crippen molar-refractivity contribution in [1.29, 1.82) is 5.26 Å². The van der Waals surface area contributed by atoms with Gasteiger partial charge in [0.15, 0.2) is 0 Å². The fourth-order valence-electron chi connectivity index (χ4n) is 1.27. The fourth-order valence-corrected chi connectivity index (χ4v) is 1.27. The van der Waals surface area contributed by atoms with Gasteiger partial charge in [0.05, 0.1) is 0 Å². The molecule has 1 aliphatic rings.